The number of carbonyl (C=O) groups is 1. The van der Waals surface area contributed by atoms with E-state index in [0.29, 0.717) is 19.0 Å². The van der Waals surface area contributed by atoms with Gasteiger partial charge < -0.3 is 20.2 Å². The molecule has 2 atom stereocenters. The third-order valence-electron chi connectivity index (χ3n) is 4.80. The van der Waals surface area contributed by atoms with E-state index < -0.39 is 0 Å². The number of carbonyl (C=O) groups excluding carboxylic acids is 1. The highest BCUT2D eigenvalue weighted by Gasteiger charge is 2.46. The lowest BCUT2D eigenvalue weighted by Gasteiger charge is -2.49. The van der Waals surface area contributed by atoms with Crippen molar-refractivity contribution in [2.75, 3.05) is 39.8 Å². The van der Waals surface area contributed by atoms with Crippen LogP contribution in [0.2, 0.25) is 0 Å². The SMILES string of the molecule is CN1CCN(C(=O)CCNC2CC(O)C2(C)C)CC1. The van der Waals surface area contributed by atoms with Crippen LogP contribution in [0.4, 0.5) is 0 Å². The molecule has 0 aromatic heterocycles. The number of hydrogen-bond acceptors (Lipinski definition) is 4. The summed E-state index contributed by atoms with van der Waals surface area (Å²) >= 11 is 0. The van der Waals surface area contributed by atoms with E-state index in [1.165, 1.54) is 0 Å². The highest BCUT2D eigenvalue weighted by molar-refractivity contribution is 5.76. The molecule has 1 heterocycles. The van der Waals surface area contributed by atoms with Gasteiger partial charge in [-0.1, -0.05) is 13.8 Å². The Morgan fingerprint density at radius 3 is 2.47 bits per heavy atom. The molecule has 5 nitrogen and oxygen atoms in total. The van der Waals surface area contributed by atoms with Crippen molar-refractivity contribution in [2.45, 2.75) is 38.8 Å². The number of hydrogen-bond donors (Lipinski definition) is 2. The molecular formula is C14H27N3O2. The Morgan fingerprint density at radius 2 is 1.95 bits per heavy atom. The van der Waals surface area contributed by atoms with Gasteiger partial charge in [-0.15, -0.1) is 0 Å². The maximum atomic E-state index is 12.0. The maximum absolute atomic E-state index is 12.0. The van der Waals surface area contributed by atoms with Crippen molar-refractivity contribution in [1.82, 2.24) is 15.1 Å². The van der Waals surface area contributed by atoms with Crippen molar-refractivity contribution in [2.24, 2.45) is 5.41 Å². The van der Waals surface area contributed by atoms with Gasteiger partial charge in [0.15, 0.2) is 0 Å². The molecule has 1 saturated carbocycles. The summed E-state index contributed by atoms with van der Waals surface area (Å²) in [6.45, 7) is 8.50. The number of rotatable bonds is 4. The van der Waals surface area contributed by atoms with Crippen molar-refractivity contribution < 1.29 is 9.90 Å². The van der Waals surface area contributed by atoms with Gasteiger partial charge in [-0.3, -0.25) is 4.79 Å². The van der Waals surface area contributed by atoms with Gasteiger partial charge in [-0.05, 0) is 13.5 Å². The minimum Gasteiger partial charge on any atom is -0.392 e. The summed E-state index contributed by atoms with van der Waals surface area (Å²) in [6, 6.07) is 0.336. The predicted octanol–water partition coefficient (Wildman–Crippen LogP) is -0.100. The zero-order valence-corrected chi connectivity index (χ0v) is 12.4. The fourth-order valence-corrected chi connectivity index (χ4v) is 2.82. The second kappa shape index (κ2) is 5.77. The first-order valence-corrected chi connectivity index (χ1v) is 7.29. The smallest absolute Gasteiger partial charge is 0.223 e. The molecule has 2 fully saturated rings. The van der Waals surface area contributed by atoms with Crippen LogP contribution in [0.5, 0.6) is 0 Å². The summed E-state index contributed by atoms with van der Waals surface area (Å²) in [7, 11) is 2.09. The fourth-order valence-electron chi connectivity index (χ4n) is 2.82. The van der Waals surface area contributed by atoms with Crippen LogP contribution in [0.1, 0.15) is 26.7 Å². The molecule has 2 unspecified atom stereocenters. The van der Waals surface area contributed by atoms with Crippen molar-refractivity contribution in [3.05, 3.63) is 0 Å². The number of aliphatic hydroxyl groups excluding tert-OH is 1. The summed E-state index contributed by atoms with van der Waals surface area (Å²) in [5, 5.41) is 13.1. The van der Waals surface area contributed by atoms with Gasteiger partial charge in [0.25, 0.3) is 0 Å². The number of nitrogens with one attached hydrogen (secondary N) is 1. The lowest BCUT2D eigenvalue weighted by Crippen LogP contribution is -2.60. The monoisotopic (exact) mass is 269 g/mol. The Morgan fingerprint density at radius 1 is 1.32 bits per heavy atom. The van der Waals surface area contributed by atoms with E-state index in [-0.39, 0.29) is 17.4 Å². The molecule has 0 aromatic carbocycles. The minimum atomic E-state index is -0.210. The zero-order valence-electron chi connectivity index (χ0n) is 12.4. The van der Waals surface area contributed by atoms with E-state index in [4.69, 9.17) is 0 Å². The topological polar surface area (TPSA) is 55.8 Å². The molecule has 1 aliphatic heterocycles. The molecule has 1 amide bonds. The summed E-state index contributed by atoms with van der Waals surface area (Å²) < 4.78 is 0. The van der Waals surface area contributed by atoms with Crippen LogP contribution in [-0.2, 0) is 4.79 Å². The Labute approximate surface area is 115 Å². The predicted molar refractivity (Wildman–Crippen MR) is 74.9 cm³/mol. The minimum absolute atomic E-state index is 0.0586. The lowest BCUT2D eigenvalue weighted by molar-refractivity contribution is -0.132. The first kappa shape index (κ1) is 14.8. The second-order valence-electron chi connectivity index (χ2n) is 6.51. The Balaban J connectivity index is 1.65. The number of likely N-dealkylation sites (N-methyl/N-ethyl adjacent to an activating group) is 1. The van der Waals surface area contributed by atoms with Crippen LogP contribution in [0.15, 0.2) is 0 Å². The van der Waals surface area contributed by atoms with Gasteiger partial charge in [0.1, 0.15) is 0 Å². The summed E-state index contributed by atoms with van der Waals surface area (Å²) in [5.74, 6) is 0.248. The highest BCUT2D eigenvalue weighted by atomic mass is 16.3. The normalized spacial score (nSPS) is 31.1. The van der Waals surface area contributed by atoms with Crippen LogP contribution in [0, 0.1) is 5.41 Å². The number of aliphatic hydroxyl groups is 1. The first-order valence-electron chi connectivity index (χ1n) is 7.29. The molecule has 0 bridgehead atoms. The standard InChI is InChI=1S/C14H27N3O2/c1-14(2)11(10-12(14)18)15-5-4-13(19)17-8-6-16(3)7-9-17/h11-12,15,18H,4-10H2,1-3H3. The van der Waals surface area contributed by atoms with E-state index in [9.17, 15) is 9.90 Å². The van der Waals surface area contributed by atoms with Crippen LogP contribution >= 0.6 is 0 Å². The average molecular weight is 269 g/mol. The van der Waals surface area contributed by atoms with E-state index >= 15 is 0 Å². The third kappa shape index (κ3) is 3.27. The summed E-state index contributed by atoms with van der Waals surface area (Å²) in [6.07, 6.45) is 1.15. The van der Waals surface area contributed by atoms with Crippen molar-refractivity contribution in [3.63, 3.8) is 0 Å². The molecule has 0 radical (unpaired) electrons. The summed E-state index contributed by atoms with van der Waals surface area (Å²) in [5.41, 5.74) is -0.0586. The quantitative estimate of drug-likeness (QED) is 0.748. The number of nitrogens with zero attached hydrogens (tertiary/aromatic N) is 2. The molecular weight excluding hydrogens is 242 g/mol. The molecule has 110 valence electrons. The Bertz CT molecular complexity index is 325. The third-order valence-corrected chi connectivity index (χ3v) is 4.80. The van der Waals surface area contributed by atoms with E-state index in [0.717, 1.165) is 32.6 Å². The van der Waals surface area contributed by atoms with E-state index in [1.54, 1.807) is 0 Å². The zero-order chi connectivity index (χ0) is 14.0. The van der Waals surface area contributed by atoms with Crippen LogP contribution in [0.3, 0.4) is 0 Å². The first-order chi connectivity index (χ1) is 8.91. The summed E-state index contributed by atoms with van der Waals surface area (Å²) in [4.78, 5) is 16.2. The van der Waals surface area contributed by atoms with Gasteiger partial charge in [0.2, 0.25) is 5.91 Å². The van der Waals surface area contributed by atoms with Crippen molar-refractivity contribution in [3.8, 4) is 0 Å². The molecule has 0 aromatic rings. The van der Waals surface area contributed by atoms with Gasteiger partial charge in [-0.25, -0.2) is 0 Å². The van der Waals surface area contributed by atoms with Gasteiger partial charge in [-0.2, -0.15) is 0 Å². The van der Waals surface area contributed by atoms with Crippen LogP contribution in [-0.4, -0.2) is 72.7 Å². The van der Waals surface area contributed by atoms with E-state index in [1.807, 2.05) is 4.90 Å². The Hall–Kier alpha value is -0.650. The molecule has 19 heavy (non-hydrogen) atoms. The molecule has 1 aliphatic carbocycles. The second-order valence-corrected chi connectivity index (χ2v) is 6.51. The number of piperazine rings is 1. The molecule has 0 spiro atoms. The van der Waals surface area contributed by atoms with Gasteiger partial charge >= 0.3 is 0 Å². The number of amides is 1. The highest BCUT2D eigenvalue weighted by Crippen LogP contribution is 2.40. The fraction of sp³-hybridized carbons (Fsp3) is 0.929. The van der Waals surface area contributed by atoms with Gasteiger partial charge in [0.05, 0.1) is 6.10 Å². The molecule has 2 rings (SSSR count). The van der Waals surface area contributed by atoms with Crippen LogP contribution in [0.25, 0.3) is 0 Å². The van der Waals surface area contributed by atoms with Crippen molar-refractivity contribution in [1.29, 1.82) is 0 Å². The van der Waals surface area contributed by atoms with E-state index in [2.05, 4.69) is 31.1 Å². The lowest BCUT2D eigenvalue weighted by atomic mass is 9.64. The molecule has 2 aliphatic rings. The van der Waals surface area contributed by atoms with Crippen LogP contribution < -0.4 is 5.32 Å². The van der Waals surface area contributed by atoms with Crippen molar-refractivity contribution >= 4 is 5.91 Å². The Kier molecular flexibility index (Phi) is 4.48. The van der Waals surface area contributed by atoms with Gasteiger partial charge in [0, 0.05) is 50.6 Å². The average Bonchev–Trinajstić information content (AvgIpc) is 2.38. The molecule has 2 N–H and O–H groups in total. The maximum Gasteiger partial charge on any atom is 0.223 e. The molecule has 1 saturated heterocycles. The molecule has 5 heteroatoms. The largest absolute Gasteiger partial charge is 0.392 e.